The lowest BCUT2D eigenvalue weighted by molar-refractivity contribution is -0.117. The van der Waals surface area contributed by atoms with E-state index < -0.39 is 0 Å². The van der Waals surface area contributed by atoms with Gasteiger partial charge in [-0.1, -0.05) is 12.2 Å². The van der Waals surface area contributed by atoms with Crippen molar-refractivity contribution in [3.8, 4) is 0 Å². The fourth-order valence-electron chi connectivity index (χ4n) is 0.686. The summed E-state index contributed by atoms with van der Waals surface area (Å²) in [6, 6.07) is 0. The Hall–Kier alpha value is -0.440. The summed E-state index contributed by atoms with van der Waals surface area (Å²) in [5.74, 6) is 0.748. The largest absolute Gasteiger partial charge is 0.340 e. The molecule has 0 radical (unpaired) electrons. The molecule has 0 bridgehead atoms. The van der Waals surface area contributed by atoms with E-state index >= 15 is 0 Å². The molecule has 9 heavy (non-hydrogen) atoms. The zero-order chi connectivity index (χ0) is 6.69. The van der Waals surface area contributed by atoms with Crippen LogP contribution >= 0.6 is 11.8 Å². The lowest BCUT2D eigenvalue weighted by Crippen LogP contribution is -2.22. The summed E-state index contributed by atoms with van der Waals surface area (Å²) in [6.07, 6.45) is 3.93. The number of amides is 1. The summed E-state index contributed by atoms with van der Waals surface area (Å²) in [6.45, 7) is 1.95. The smallest absolute Gasteiger partial charge is 0.231 e. The van der Waals surface area contributed by atoms with Gasteiger partial charge in [0.1, 0.15) is 0 Å². The average Bonchev–Trinajstić information content (AvgIpc) is 2.17. The molecule has 1 saturated heterocycles. The molecule has 2 nitrogen and oxygen atoms in total. The maximum atomic E-state index is 10.6. The molecular weight excluding hydrogens is 134 g/mol. The van der Waals surface area contributed by atoms with Crippen LogP contribution in [0.2, 0.25) is 0 Å². The van der Waals surface area contributed by atoms with Crippen LogP contribution in [0, 0.1) is 0 Å². The summed E-state index contributed by atoms with van der Waals surface area (Å²) in [5.41, 5.74) is 0. The van der Waals surface area contributed by atoms with Crippen LogP contribution in [0.15, 0.2) is 12.2 Å². The lowest BCUT2D eigenvalue weighted by Gasteiger charge is -1.98. The van der Waals surface area contributed by atoms with E-state index in [2.05, 4.69) is 5.32 Å². The van der Waals surface area contributed by atoms with E-state index in [1.54, 1.807) is 11.8 Å². The quantitative estimate of drug-likeness (QED) is 0.549. The maximum absolute atomic E-state index is 10.6. The van der Waals surface area contributed by atoms with Crippen LogP contribution in [0.4, 0.5) is 0 Å². The van der Waals surface area contributed by atoms with Crippen LogP contribution in [0.1, 0.15) is 6.92 Å². The first-order valence-corrected chi connectivity index (χ1v) is 3.91. The first-order valence-electron chi connectivity index (χ1n) is 2.86. The predicted octanol–water partition coefficient (Wildman–Crippen LogP) is 0.752. The van der Waals surface area contributed by atoms with Crippen LogP contribution in [0.3, 0.4) is 0 Å². The molecule has 0 aromatic rings. The minimum absolute atomic E-state index is 0.142. The van der Waals surface area contributed by atoms with Crippen LogP contribution in [0.25, 0.3) is 0 Å². The third kappa shape index (κ3) is 1.75. The highest BCUT2D eigenvalue weighted by atomic mass is 32.2. The van der Waals surface area contributed by atoms with Crippen LogP contribution < -0.4 is 5.32 Å². The highest BCUT2D eigenvalue weighted by Gasteiger charge is 2.17. The van der Waals surface area contributed by atoms with Crippen LogP contribution in [0.5, 0.6) is 0 Å². The van der Waals surface area contributed by atoms with Gasteiger partial charge < -0.3 is 5.32 Å². The molecule has 1 atom stereocenters. The van der Waals surface area contributed by atoms with Gasteiger partial charge in [0.15, 0.2) is 0 Å². The van der Waals surface area contributed by atoms with Crippen molar-refractivity contribution in [2.24, 2.45) is 0 Å². The van der Waals surface area contributed by atoms with Gasteiger partial charge in [-0.2, -0.15) is 0 Å². The average molecular weight is 143 g/mol. The predicted molar refractivity (Wildman–Crippen MR) is 39.2 cm³/mol. The van der Waals surface area contributed by atoms with Gasteiger partial charge in [0.25, 0.3) is 0 Å². The van der Waals surface area contributed by atoms with Gasteiger partial charge in [-0.25, -0.2) is 0 Å². The summed E-state index contributed by atoms with van der Waals surface area (Å²) < 4.78 is 0. The fraction of sp³-hybridized carbons (Fsp3) is 0.500. The van der Waals surface area contributed by atoms with E-state index in [9.17, 15) is 4.79 Å². The molecule has 0 saturated carbocycles. The molecule has 1 fully saturated rings. The molecule has 0 spiro atoms. The van der Waals surface area contributed by atoms with Crippen LogP contribution in [-0.4, -0.2) is 17.0 Å². The minimum atomic E-state index is 0.142. The molecule has 1 N–H and O–H groups in total. The topological polar surface area (TPSA) is 29.1 Å². The second-order valence-electron chi connectivity index (χ2n) is 1.82. The van der Waals surface area contributed by atoms with Crippen LogP contribution in [-0.2, 0) is 4.79 Å². The molecule has 50 valence electrons. The standard InChI is InChI=1S/C6H9NOS/c1-2-3-6-7-5(8)4-9-6/h2-3,6H,4H2,1H3,(H,7,8). The van der Waals surface area contributed by atoms with E-state index in [0.29, 0.717) is 5.75 Å². The molecule has 1 unspecified atom stereocenters. The molecular formula is C6H9NOS. The van der Waals surface area contributed by atoms with E-state index in [1.165, 1.54) is 0 Å². The third-order valence-corrected chi connectivity index (χ3v) is 2.13. The summed E-state index contributed by atoms with van der Waals surface area (Å²) in [5, 5.41) is 3.02. The van der Waals surface area contributed by atoms with E-state index in [0.717, 1.165) is 0 Å². The first kappa shape index (κ1) is 6.68. The number of hydrogen-bond donors (Lipinski definition) is 1. The Bertz CT molecular complexity index is 144. The molecule has 0 aromatic carbocycles. The van der Waals surface area contributed by atoms with Gasteiger partial charge in [0.2, 0.25) is 5.91 Å². The number of rotatable bonds is 1. The van der Waals surface area contributed by atoms with Crippen molar-refractivity contribution in [1.82, 2.24) is 5.32 Å². The molecule has 0 aliphatic carbocycles. The van der Waals surface area contributed by atoms with Crippen molar-refractivity contribution in [3.05, 3.63) is 12.2 Å². The number of carbonyl (C=O) groups is 1. The molecule has 3 heteroatoms. The monoisotopic (exact) mass is 143 g/mol. The molecule has 0 aromatic heterocycles. The summed E-state index contributed by atoms with van der Waals surface area (Å²) in [4.78, 5) is 10.6. The SMILES string of the molecule is CC=CC1NC(=O)CS1. The van der Waals surface area contributed by atoms with Gasteiger partial charge in [-0.05, 0) is 6.92 Å². The van der Waals surface area contributed by atoms with Gasteiger partial charge in [-0.15, -0.1) is 11.8 Å². The van der Waals surface area contributed by atoms with Crippen molar-refractivity contribution < 1.29 is 4.79 Å². The third-order valence-electron chi connectivity index (χ3n) is 1.06. The van der Waals surface area contributed by atoms with E-state index in [1.807, 2.05) is 19.1 Å². The molecule has 1 rings (SSSR count). The highest BCUT2D eigenvalue weighted by molar-refractivity contribution is 8.01. The summed E-state index contributed by atoms with van der Waals surface area (Å²) >= 11 is 1.63. The van der Waals surface area contributed by atoms with Crippen molar-refractivity contribution in [1.29, 1.82) is 0 Å². The van der Waals surface area contributed by atoms with Gasteiger partial charge >= 0.3 is 0 Å². The highest BCUT2D eigenvalue weighted by Crippen LogP contribution is 2.14. The fourth-order valence-corrected chi connectivity index (χ4v) is 1.58. The Balaban J connectivity index is 2.39. The molecule has 1 aliphatic rings. The normalized spacial score (nSPS) is 27.2. The molecule has 1 heterocycles. The van der Waals surface area contributed by atoms with Crippen molar-refractivity contribution in [2.75, 3.05) is 5.75 Å². The Labute approximate surface area is 58.7 Å². The van der Waals surface area contributed by atoms with Crippen molar-refractivity contribution in [3.63, 3.8) is 0 Å². The zero-order valence-corrected chi connectivity index (χ0v) is 6.07. The number of allylic oxidation sites excluding steroid dienone is 1. The van der Waals surface area contributed by atoms with Crippen molar-refractivity contribution >= 4 is 17.7 Å². The number of carbonyl (C=O) groups excluding carboxylic acids is 1. The second kappa shape index (κ2) is 2.92. The van der Waals surface area contributed by atoms with Gasteiger partial charge in [0.05, 0.1) is 11.1 Å². The summed E-state index contributed by atoms with van der Waals surface area (Å²) in [7, 11) is 0. The van der Waals surface area contributed by atoms with E-state index in [4.69, 9.17) is 0 Å². The first-order chi connectivity index (χ1) is 4.33. The Morgan fingerprint density at radius 1 is 1.89 bits per heavy atom. The van der Waals surface area contributed by atoms with Crippen molar-refractivity contribution in [2.45, 2.75) is 12.3 Å². The minimum Gasteiger partial charge on any atom is -0.340 e. The number of hydrogen-bond acceptors (Lipinski definition) is 2. The number of thioether (sulfide) groups is 1. The second-order valence-corrected chi connectivity index (χ2v) is 2.95. The number of nitrogens with one attached hydrogen (secondary N) is 1. The Morgan fingerprint density at radius 2 is 2.67 bits per heavy atom. The zero-order valence-electron chi connectivity index (χ0n) is 5.26. The van der Waals surface area contributed by atoms with Gasteiger partial charge in [0, 0.05) is 0 Å². The Morgan fingerprint density at radius 3 is 3.11 bits per heavy atom. The maximum Gasteiger partial charge on any atom is 0.231 e. The molecule has 1 amide bonds. The lowest BCUT2D eigenvalue weighted by atomic mass is 10.5. The van der Waals surface area contributed by atoms with Gasteiger partial charge in [-0.3, -0.25) is 4.79 Å². The molecule has 1 aliphatic heterocycles. The van der Waals surface area contributed by atoms with E-state index in [-0.39, 0.29) is 11.3 Å². The Kier molecular flexibility index (Phi) is 2.16.